The molecule has 102 valence electrons. The largest absolute Gasteiger partial charge is 0.472 e. The Labute approximate surface area is 117 Å². The number of nitrogens with zero attached hydrogens (tertiary/aromatic N) is 2. The normalized spacial score (nSPS) is 17.6. The van der Waals surface area contributed by atoms with Crippen molar-refractivity contribution in [3.8, 4) is 5.75 Å². The Morgan fingerprint density at radius 2 is 2.20 bits per heavy atom. The Morgan fingerprint density at radius 3 is 3.00 bits per heavy atom. The Kier molecular flexibility index (Phi) is 3.12. The zero-order valence-corrected chi connectivity index (χ0v) is 11.1. The molecule has 1 atom stereocenters. The summed E-state index contributed by atoms with van der Waals surface area (Å²) in [5, 5.41) is 0. The van der Waals surface area contributed by atoms with Crippen molar-refractivity contribution < 1.29 is 9.53 Å². The highest BCUT2D eigenvalue weighted by atomic mass is 16.5. The molecule has 1 aromatic heterocycles. The maximum absolute atomic E-state index is 12.4. The predicted octanol–water partition coefficient (Wildman–Crippen LogP) is 1.64. The Hall–Kier alpha value is -2.40. The van der Waals surface area contributed by atoms with Crippen molar-refractivity contribution >= 4 is 11.7 Å². The van der Waals surface area contributed by atoms with Crippen LogP contribution in [0.1, 0.15) is 17.2 Å². The van der Waals surface area contributed by atoms with E-state index in [0.717, 1.165) is 11.1 Å². The number of hydrogen-bond acceptors (Lipinski definition) is 4. The summed E-state index contributed by atoms with van der Waals surface area (Å²) in [5.41, 5.74) is 7.42. The van der Waals surface area contributed by atoms with Gasteiger partial charge in [0.25, 0.3) is 5.91 Å². The van der Waals surface area contributed by atoms with Gasteiger partial charge in [-0.2, -0.15) is 0 Å². The van der Waals surface area contributed by atoms with E-state index in [0.29, 0.717) is 18.1 Å². The molecule has 1 aliphatic heterocycles. The Morgan fingerprint density at radius 1 is 1.35 bits per heavy atom. The molecule has 0 bridgehead atoms. The number of carbonyl (C=O) groups is 1. The first-order valence-corrected chi connectivity index (χ1v) is 6.39. The molecule has 0 fully saturated rings. The van der Waals surface area contributed by atoms with Crippen molar-refractivity contribution in [2.24, 2.45) is 5.73 Å². The van der Waals surface area contributed by atoms with Crippen LogP contribution in [0, 0.1) is 0 Å². The number of carbonyl (C=O) groups excluding carboxylic acids is 1. The molecule has 5 heteroatoms. The average molecular weight is 269 g/mol. The number of nitrogens with two attached hydrogens (primary N) is 1. The molecule has 3 rings (SSSR count). The summed E-state index contributed by atoms with van der Waals surface area (Å²) in [6.45, 7) is 0.433. The SMILES string of the molecule is CN1C(=O)C(c2cccc(CN)c2)Oc2cccnc21. The molecule has 1 aliphatic rings. The van der Waals surface area contributed by atoms with E-state index >= 15 is 0 Å². The van der Waals surface area contributed by atoms with Gasteiger partial charge in [0.2, 0.25) is 6.10 Å². The molecular formula is C15H15N3O2. The first kappa shape index (κ1) is 12.6. The standard InChI is InChI=1S/C15H15N3O2/c1-18-14-12(6-3-7-17-14)20-13(15(18)19)11-5-2-4-10(8-11)9-16/h2-8,13H,9,16H2,1H3. The summed E-state index contributed by atoms with van der Waals surface area (Å²) in [6.07, 6.45) is 0.990. The van der Waals surface area contributed by atoms with Gasteiger partial charge in [0.15, 0.2) is 11.6 Å². The molecule has 0 aliphatic carbocycles. The third kappa shape index (κ3) is 2.02. The lowest BCUT2D eigenvalue weighted by Crippen LogP contribution is -2.39. The third-order valence-electron chi connectivity index (χ3n) is 3.36. The minimum absolute atomic E-state index is 0.134. The summed E-state index contributed by atoms with van der Waals surface area (Å²) >= 11 is 0. The predicted molar refractivity (Wildman–Crippen MR) is 75.3 cm³/mol. The van der Waals surface area contributed by atoms with Crippen LogP contribution in [0.5, 0.6) is 5.75 Å². The van der Waals surface area contributed by atoms with Crippen LogP contribution < -0.4 is 15.4 Å². The van der Waals surface area contributed by atoms with Crippen molar-refractivity contribution in [1.29, 1.82) is 0 Å². The van der Waals surface area contributed by atoms with Crippen LogP contribution in [0.3, 0.4) is 0 Å². The van der Waals surface area contributed by atoms with Crippen LogP contribution in [0.2, 0.25) is 0 Å². The number of likely N-dealkylation sites (N-methyl/N-ethyl adjacent to an activating group) is 1. The van der Waals surface area contributed by atoms with E-state index in [2.05, 4.69) is 4.98 Å². The topological polar surface area (TPSA) is 68.5 Å². The van der Waals surface area contributed by atoms with Crippen molar-refractivity contribution in [2.45, 2.75) is 12.6 Å². The van der Waals surface area contributed by atoms with Crippen molar-refractivity contribution in [3.05, 3.63) is 53.7 Å². The van der Waals surface area contributed by atoms with Gasteiger partial charge < -0.3 is 10.5 Å². The van der Waals surface area contributed by atoms with Crippen molar-refractivity contribution in [3.63, 3.8) is 0 Å². The van der Waals surface area contributed by atoms with Gasteiger partial charge in [-0.3, -0.25) is 9.69 Å². The summed E-state index contributed by atoms with van der Waals surface area (Å²) in [7, 11) is 1.70. The monoisotopic (exact) mass is 269 g/mol. The molecule has 0 radical (unpaired) electrons. The molecule has 1 unspecified atom stereocenters. The van der Waals surface area contributed by atoms with Gasteiger partial charge in [0.1, 0.15) is 0 Å². The summed E-state index contributed by atoms with van der Waals surface area (Å²) in [6, 6.07) is 11.2. The second kappa shape index (κ2) is 4.94. The third-order valence-corrected chi connectivity index (χ3v) is 3.36. The van der Waals surface area contributed by atoms with Crippen LogP contribution in [0.15, 0.2) is 42.6 Å². The van der Waals surface area contributed by atoms with Crippen LogP contribution in [0.4, 0.5) is 5.82 Å². The lowest BCUT2D eigenvalue weighted by molar-refractivity contribution is -0.126. The number of aromatic nitrogens is 1. The number of pyridine rings is 1. The van der Waals surface area contributed by atoms with E-state index in [1.54, 1.807) is 19.3 Å². The molecule has 0 spiro atoms. The maximum Gasteiger partial charge on any atom is 0.273 e. The molecule has 5 nitrogen and oxygen atoms in total. The minimum atomic E-state index is -0.650. The number of hydrogen-bond donors (Lipinski definition) is 1. The highest BCUT2D eigenvalue weighted by Gasteiger charge is 2.34. The second-order valence-corrected chi connectivity index (χ2v) is 4.67. The van der Waals surface area contributed by atoms with Crippen molar-refractivity contribution in [1.82, 2.24) is 4.98 Å². The lowest BCUT2D eigenvalue weighted by atomic mass is 10.0. The molecule has 2 N–H and O–H groups in total. The minimum Gasteiger partial charge on any atom is -0.472 e. The number of rotatable bonds is 2. The summed E-state index contributed by atoms with van der Waals surface area (Å²) < 4.78 is 5.81. The number of fused-ring (bicyclic) bond motifs is 1. The van der Waals surface area contributed by atoms with Gasteiger partial charge in [-0.25, -0.2) is 4.98 Å². The molecule has 0 saturated heterocycles. The van der Waals surface area contributed by atoms with E-state index < -0.39 is 6.10 Å². The van der Waals surface area contributed by atoms with Gasteiger partial charge in [-0.1, -0.05) is 24.3 Å². The molecule has 1 aromatic carbocycles. The fourth-order valence-corrected chi connectivity index (χ4v) is 2.28. The van der Waals surface area contributed by atoms with Gasteiger partial charge in [-0.05, 0) is 17.7 Å². The van der Waals surface area contributed by atoms with Crippen LogP contribution in [0.25, 0.3) is 0 Å². The van der Waals surface area contributed by atoms with Gasteiger partial charge >= 0.3 is 0 Å². The zero-order chi connectivity index (χ0) is 14.1. The highest BCUT2D eigenvalue weighted by Crippen LogP contribution is 2.36. The number of anilines is 1. The number of ether oxygens (including phenoxy) is 1. The molecule has 1 amide bonds. The zero-order valence-electron chi connectivity index (χ0n) is 11.1. The fraction of sp³-hybridized carbons (Fsp3) is 0.200. The second-order valence-electron chi connectivity index (χ2n) is 4.67. The molecule has 0 saturated carbocycles. The summed E-state index contributed by atoms with van der Waals surface area (Å²) in [4.78, 5) is 18.1. The Bertz CT molecular complexity index is 657. The quantitative estimate of drug-likeness (QED) is 0.899. The lowest BCUT2D eigenvalue weighted by Gasteiger charge is -2.31. The number of amides is 1. The van der Waals surface area contributed by atoms with E-state index in [9.17, 15) is 4.79 Å². The molecule has 2 aromatic rings. The highest BCUT2D eigenvalue weighted by molar-refractivity contribution is 5.99. The van der Waals surface area contributed by atoms with E-state index in [-0.39, 0.29) is 5.91 Å². The van der Waals surface area contributed by atoms with Gasteiger partial charge in [0, 0.05) is 25.4 Å². The molecular weight excluding hydrogens is 254 g/mol. The van der Waals surface area contributed by atoms with Crippen molar-refractivity contribution in [2.75, 3.05) is 11.9 Å². The molecule has 20 heavy (non-hydrogen) atoms. The van der Waals surface area contributed by atoms with E-state index in [1.165, 1.54) is 4.90 Å². The smallest absolute Gasteiger partial charge is 0.273 e. The Balaban J connectivity index is 2.01. The fourth-order valence-electron chi connectivity index (χ4n) is 2.28. The maximum atomic E-state index is 12.4. The first-order valence-electron chi connectivity index (χ1n) is 6.39. The first-order chi connectivity index (χ1) is 9.70. The van der Waals surface area contributed by atoms with Crippen LogP contribution >= 0.6 is 0 Å². The van der Waals surface area contributed by atoms with Gasteiger partial charge in [0.05, 0.1) is 0 Å². The number of benzene rings is 1. The average Bonchev–Trinajstić information content (AvgIpc) is 2.51. The van der Waals surface area contributed by atoms with Crippen LogP contribution in [-0.2, 0) is 11.3 Å². The summed E-state index contributed by atoms with van der Waals surface area (Å²) in [5.74, 6) is 1.02. The van der Waals surface area contributed by atoms with E-state index in [1.807, 2.05) is 30.3 Å². The van der Waals surface area contributed by atoms with E-state index in [4.69, 9.17) is 10.5 Å². The van der Waals surface area contributed by atoms with Crippen LogP contribution in [-0.4, -0.2) is 17.9 Å². The van der Waals surface area contributed by atoms with Gasteiger partial charge in [-0.15, -0.1) is 0 Å². The molecule has 2 heterocycles.